The second-order valence-electron chi connectivity index (χ2n) is 11.6. The molecule has 0 fully saturated rings. The maximum atomic E-state index is 5.20. The predicted octanol–water partition coefficient (Wildman–Crippen LogP) is 11.2. The summed E-state index contributed by atoms with van der Waals surface area (Å²) < 4.78 is 0. The minimum Gasteiger partial charge on any atom is -0.256 e. The summed E-state index contributed by atoms with van der Waals surface area (Å²) in [4.78, 5) is 14.9. The number of para-hydroxylation sites is 1. The molecule has 0 amide bonds. The first kappa shape index (κ1) is 26.2. The first-order valence-corrected chi connectivity index (χ1v) is 15.5. The van der Waals surface area contributed by atoms with Crippen LogP contribution in [0, 0.1) is 0 Å². The molecule has 9 rings (SSSR count). The Kier molecular flexibility index (Phi) is 6.14. The highest BCUT2D eigenvalue weighted by Crippen LogP contribution is 2.39. The van der Waals surface area contributed by atoms with Crippen LogP contribution in [0.3, 0.4) is 0 Å². The lowest BCUT2D eigenvalue weighted by Crippen LogP contribution is -1.97. The van der Waals surface area contributed by atoms with Crippen LogP contribution < -0.4 is 0 Å². The number of fused-ring (bicyclic) bond motifs is 6. The fourth-order valence-corrected chi connectivity index (χ4v) is 6.71. The summed E-state index contributed by atoms with van der Waals surface area (Å²) in [5, 5.41) is 8.52. The molecule has 0 aliphatic rings. The smallest absolute Gasteiger partial charge is 0.160 e. The normalized spacial score (nSPS) is 11.5. The van der Waals surface area contributed by atoms with Crippen LogP contribution in [0.2, 0.25) is 0 Å². The Labute approximate surface area is 266 Å². The van der Waals surface area contributed by atoms with Gasteiger partial charge in [-0.25, -0.2) is 9.97 Å². The zero-order valence-corrected chi connectivity index (χ0v) is 24.9. The van der Waals surface area contributed by atoms with Crippen LogP contribution in [-0.2, 0) is 0 Å². The van der Waals surface area contributed by atoms with Gasteiger partial charge in [-0.2, -0.15) is 0 Å². The van der Waals surface area contributed by atoms with Gasteiger partial charge in [0.25, 0.3) is 0 Å². The van der Waals surface area contributed by atoms with Gasteiger partial charge in [-0.1, -0.05) is 133 Å². The number of hydrogen-bond donors (Lipinski definition) is 0. The molecule has 214 valence electrons. The van der Waals surface area contributed by atoms with E-state index in [4.69, 9.17) is 9.97 Å². The third-order valence-corrected chi connectivity index (χ3v) is 8.92. The largest absolute Gasteiger partial charge is 0.256 e. The van der Waals surface area contributed by atoms with Crippen molar-refractivity contribution in [3.05, 3.63) is 164 Å². The second-order valence-corrected chi connectivity index (χ2v) is 11.6. The summed E-state index contributed by atoms with van der Waals surface area (Å²) in [6, 6.07) is 55.5. The van der Waals surface area contributed by atoms with Crippen molar-refractivity contribution in [3.8, 4) is 45.0 Å². The summed E-state index contributed by atoms with van der Waals surface area (Å²) in [6.45, 7) is 0. The molecule has 0 radical (unpaired) electrons. The average Bonchev–Trinajstić information content (AvgIpc) is 3.14. The van der Waals surface area contributed by atoms with Gasteiger partial charge < -0.3 is 0 Å². The van der Waals surface area contributed by atoms with Crippen LogP contribution in [0.1, 0.15) is 0 Å². The van der Waals surface area contributed by atoms with E-state index in [-0.39, 0.29) is 0 Å². The van der Waals surface area contributed by atoms with Crippen molar-refractivity contribution in [1.82, 2.24) is 15.0 Å². The molecular weight excluding hydrogens is 558 g/mol. The van der Waals surface area contributed by atoms with Gasteiger partial charge >= 0.3 is 0 Å². The maximum absolute atomic E-state index is 5.20. The molecule has 3 nitrogen and oxygen atoms in total. The van der Waals surface area contributed by atoms with E-state index in [0.29, 0.717) is 5.82 Å². The van der Waals surface area contributed by atoms with E-state index >= 15 is 0 Å². The molecule has 0 atom stereocenters. The Morgan fingerprint density at radius 1 is 0.370 bits per heavy atom. The molecule has 2 heterocycles. The third kappa shape index (κ3) is 4.41. The lowest BCUT2D eigenvalue weighted by atomic mass is 9.92. The lowest BCUT2D eigenvalue weighted by molar-refractivity contribution is 1.19. The van der Waals surface area contributed by atoms with Crippen molar-refractivity contribution in [1.29, 1.82) is 0 Å². The molecule has 9 aromatic rings. The Bertz CT molecular complexity index is 2570. The maximum Gasteiger partial charge on any atom is 0.160 e. The lowest BCUT2D eigenvalue weighted by Gasteiger charge is -2.15. The fraction of sp³-hybridized carbons (Fsp3) is 0. The average molecular weight is 586 g/mol. The van der Waals surface area contributed by atoms with E-state index in [1.54, 1.807) is 0 Å². The van der Waals surface area contributed by atoms with Crippen LogP contribution >= 0.6 is 0 Å². The molecule has 46 heavy (non-hydrogen) atoms. The predicted molar refractivity (Wildman–Crippen MR) is 192 cm³/mol. The highest BCUT2D eigenvalue weighted by Gasteiger charge is 2.16. The molecule has 0 N–H and O–H groups in total. The highest BCUT2D eigenvalue weighted by atomic mass is 14.9. The van der Waals surface area contributed by atoms with E-state index in [9.17, 15) is 0 Å². The molecule has 0 aliphatic carbocycles. The second kappa shape index (κ2) is 10.8. The summed E-state index contributed by atoms with van der Waals surface area (Å²) >= 11 is 0. The van der Waals surface area contributed by atoms with E-state index in [0.717, 1.165) is 44.5 Å². The van der Waals surface area contributed by atoms with Crippen molar-refractivity contribution >= 4 is 43.2 Å². The molecule has 0 spiro atoms. The molecule has 0 saturated carbocycles. The minimum atomic E-state index is 0.708. The number of aromatic nitrogens is 3. The molecule has 0 saturated heterocycles. The Morgan fingerprint density at radius 3 is 1.87 bits per heavy atom. The van der Waals surface area contributed by atoms with Gasteiger partial charge in [-0.15, -0.1) is 0 Å². The minimum absolute atomic E-state index is 0.708. The van der Waals surface area contributed by atoms with Gasteiger partial charge in [0.2, 0.25) is 0 Å². The first-order valence-electron chi connectivity index (χ1n) is 15.5. The van der Waals surface area contributed by atoms with Crippen LogP contribution in [0.4, 0.5) is 0 Å². The Hall–Kier alpha value is -6.19. The number of benzene rings is 7. The SMILES string of the molecule is c1ccc(-c2nc(-c3ccc(-c4ccnc5ccccc45)cc3)cc(-c3cc4ccc5ccccc5c4c4ccccc34)n2)cc1. The number of pyridine rings is 1. The molecule has 0 unspecified atom stereocenters. The zero-order valence-electron chi connectivity index (χ0n) is 24.9. The Balaban J connectivity index is 1.24. The van der Waals surface area contributed by atoms with Gasteiger partial charge in [-0.3, -0.25) is 4.98 Å². The van der Waals surface area contributed by atoms with Crippen molar-refractivity contribution < 1.29 is 0 Å². The van der Waals surface area contributed by atoms with Gasteiger partial charge in [-0.05, 0) is 67.7 Å². The van der Waals surface area contributed by atoms with E-state index in [2.05, 4.69) is 138 Å². The summed E-state index contributed by atoms with van der Waals surface area (Å²) in [6.07, 6.45) is 1.88. The quantitative estimate of drug-likeness (QED) is 0.193. The summed E-state index contributed by atoms with van der Waals surface area (Å²) in [5.74, 6) is 0.708. The Morgan fingerprint density at radius 2 is 1.02 bits per heavy atom. The zero-order chi connectivity index (χ0) is 30.5. The van der Waals surface area contributed by atoms with E-state index in [1.165, 1.54) is 37.9 Å². The van der Waals surface area contributed by atoms with Crippen LogP contribution in [-0.4, -0.2) is 15.0 Å². The molecule has 3 heteroatoms. The molecular formula is C43H27N3. The van der Waals surface area contributed by atoms with E-state index < -0.39 is 0 Å². The van der Waals surface area contributed by atoms with Gasteiger partial charge in [0.05, 0.1) is 16.9 Å². The standard InChI is InChI=1S/C43H27N3/c1-2-11-31(12-3-1)43-45-40(30-21-18-29(19-22-30)33-24-25-44-39-17-9-8-15-36(33)39)27-41(46-43)38-26-32-23-20-28-10-4-5-13-34(28)42(32)37-16-7-6-14-35(37)38/h1-27H. The highest BCUT2D eigenvalue weighted by molar-refractivity contribution is 6.23. The fourth-order valence-electron chi connectivity index (χ4n) is 6.71. The summed E-state index contributed by atoms with van der Waals surface area (Å²) in [5.41, 5.74) is 8.22. The van der Waals surface area contributed by atoms with E-state index in [1.807, 2.05) is 30.5 Å². The van der Waals surface area contributed by atoms with Crippen molar-refractivity contribution in [2.24, 2.45) is 0 Å². The monoisotopic (exact) mass is 585 g/mol. The van der Waals surface area contributed by atoms with Gasteiger partial charge in [0.1, 0.15) is 0 Å². The molecule has 0 bridgehead atoms. The van der Waals surface area contributed by atoms with Crippen LogP contribution in [0.25, 0.3) is 88.2 Å². The summed E-state index contributed by atoms with van der Waals surface area (Å²) in [7, 11) is 0. The first-order chi connectivity index (χ1) is 22.8. The molecule has 7 aromatic carbocycles. The number of hydrogen-bond acceptors (Lipinski definition) is 3. The topological polar surface area (TPSA) is 38.7 Å². The van der Waals surface area contributed by atoms with Gasteiger partial charge in [0, 0.05) is 28.3 Å². The van der Waals surface area contributed by atoms with Crippen molar-refractivity contribution in [3.63, 3.8) is 0 Å². The number of rotatable bonds is 4. The van der Waals surface area contributed by atoms with Crippen molar-refractivity contribution in [2.45, 2.75) is 0 Å². The molecule has 2 aromatic heterocycles. The van der Waals surface area contributed by atoms with Crippen LogP contribution in [0.5, 0.6) is 0 Å². The number of nitrogens with zero attached hydrogens (tertiary/aromatic N) is 3. The molecule has 0 aliphatic heterocycles. The van der Waals surface area contributed by atoms with Crippen LogP contribution in [0.15, 0.2) is 164 Å². The van der Waals surface area contributed by atoms with Gasteiger partial charge in [0.15, 0.2) is 5.82 Å². The third-order valence-electron chi connectivity index (χ3n) is 8.92. The van der Waals surface area contributed by atoms with Crippen molar-refractivity contribution in [2.75, 3.05) is 0 Å².